The lowest BCUT2D eigenvalue weighted by Gasteiger charge is -2.43. The van der Waals surface area contributed by atoms with E-state index in [0.717, 1.165) is 0 Å². The molecule has 4 nitrogen and oxygen atoms in total. The van der Waals surface area contributed by atoms with E-state index in [4.69, 9.17) is 14.2 Å². The normalized spacial score (nSPS) is 41.5. The lowest BCUT2D eigenvalue weighted by Crippen LogP contribution is -2.50. The summed E-state index contributed by atoms with van der Waals surface area (Å²) >= 11 is 0. The Morgan fingerprint density at radius 3 is 2.44 bits per heavy atom. The predicted molar refractivity (Wildman–Crippen MR) is 66.9 cm³/mol. The predicted octanol–water partition coefficient (Wildman–Crippen LogP) is 2.36. The number of carbonyl (C=O) groups is 1. The quantitative estimate of drug-likeness (QED) is 0.711. The van der Waals surface area contributed by atoms with Crippen LogP contribution < -0.4 is 0 Å². The molecule has 0 N–H and O–H groups in total. The zero-order valence-corrected chi connectivity index (χ0v) is 11.9. The smallest absolute Gasteiger partial charge is 0.306 e. The van der Waals surface area contributed by atoms with E-state index in [2.05, 4.69) is 20.8 Å². The molecule has 18 heavy (non-hydrogen) atoms. The summed E-state index contributed by atoms with van der Waals surface area (Å²) in [6, 6.07) is 0. The van der Waals surface area contributed by atoms with Gasteiger partial charge in [-0.2, -0.15) is 0 Å². The third-order valence-electron chi connectivity index (χ3n) is 4.03. The second kappa shape index (κ2) is 4.82. The van der Waals surface area contributed by atoms with Gasteiger partial charge in [0.05, 0.1) is 19.1 Å². The van der Waals surface area contributed by atoms with Gasteiger partial charge in [0.25, 0.3) is 0 Å². The fraction of sp³-hybridized carbons (Fsp3) is 0.929. The van der Waals surface area contributed by atoms with Crippen molar-refractivity contribution in [1.29, 1.82) is 0 Å². The van der Waals surface area contributed by atoms with Gasteiger partial charge in [0, 0.05) is 17.8 Å². The minimum Gasteiger partial charge on any atom is -0.462 e. The number of hydrogen-bond donors (Lipinski definition) is 0. The van der Waals surface area contributed by atoms with Crippen molar-refractivity contribution in [2.24, 2.45) is 17.8 Å². The summed E-state index contributed by atoms with van der Waals surface area (Å²) in [7, 11) is 0. The lowest BCUT2D eigenvalue weighted by atomic mass is 9.83. The van der Waals surface area contributed by atoms with Gasteiger partial charge in [-0.05, 0) is 13.8 Å². The van der Waals surface area contributed by atoms with E-state index in [9.17, 15) is 4.79 Å². The lowest BCUT2D eigenvalue weighted by molar-refractivity contribution is -0.304. The molecule has 0 amide bonds. The number of rotatable bonds is 2. The van der Waals surface area contributed by atoms with Crippen LogP contribution in [0, 0.1) is 17.8 Å². The van der Waals surface area contributed by atoms with E-state index in [1.807, 2.05) is 13.8 Å². The highest BCUT2D eigenvalue weighted by Gasteiger charge is 2.44. The van der Waals surface area contributed by atoms with Crippen LogP contribution in [-0.4, -0.2) is 30.6 Å². The molecular weight excluding hydrogens is 232 g/mol. The molecule has 2 rings (SSSR count). The maximum Gasteiger partial charge on any atom is 0.306 e. The van der Waals surface area contributed by atoms with Crippen molar-refractivity contribution >= 4 is 5.97 Å². The fourth-order valence-corrected chi connectivity index (χ4v) is 3.04. The van der Waals surface area contributed by atoms with Crippen molar-refractivity contribution in [1.82, 2.24) is 0 Å². The van der Waals surface area contributed by atoms with Crippen LogP contribution in [-0.2, 0) is 19.0 Å². The molecule has 0 spiro atoms. The largest absolute Gasteiger partial charge is 0.462 e. The average Bonchev–Trinajstić information content (AvgIpc) is 2.60. The molecule has 2 aliphatic heterocycles. The monoisotopic (exact) mass is 256 g/mol. The standard InChI is InChI=1S/C14H24O4/c1-8-6-11(15)17-12(8)10(3)13-9(2)7-16-14(4,5)18-13/h8-10,12-13H,6-7H2,1-5H3/t8-,9-,10-,12-,13-/m0/s1. The van der Waals surface area contributed by atoms with E-state index in [-0.39, 0.29) is 30.0 Å². The zero-order valence-electron chi connectivity index (χ0n) is 11.9. The Kier molecular flexibility index (Phi) is 3.70. The Bertz CT molecular complexity index is 326. The molecule has 0 unspecified atom stereocenters. The van der Waals surface area contributed by atoms with Gasteiger partial charge in [-0.25, -0.2) is 0 Å². The van der Waals surface area contributed by atoms with E-state index in [0.29, 0.717) is 18.9 Å². The summed E-state index contributed by atoms with van der Waals surface area (Å²) in [4.78, 5) is 11.4. The Hall–Kier alpha value is -0.610. The minimum absolute atomic E-state index is 0.0288. The van der Waals surface area contributed by atoms with Crippen LogP contribution >= 0.6 is 0 Å². The first-order valence-electron chi connectivity index (χ1n) is 6.81. The van der Waals surface area contributed by atoms with Crippen molar-refractivity contribution in [3.8, 4) is 0 Å². The fourth-order valence-electron chi connectivity index (χ4n) is 3.04. The summed E-state index contributed by atoms with van der Waals surface area (Å²) in [6.45, 7) is 10.9. The van der Waals surface area contributed by atoms with E-state index < -0.39 is 5.79 Å². The maximum absolute atomic E-state index is 11.4. The first kappa shape index (κ1) is 13.8. The Labute approximate surface area is 109 Å². The van der Waals surface area contributed by atoms with Gasteiger partial charge < -0.3 is 14.2 Å². The van der Waals surface area contributed by atoms with Crippen LogP contribution in [0.2, 0.25) is 0 Å². The molecule has 2 fully saturated rings. The summed E-state index contributed by atoms with van der Waals surface area (Å²) in [5.41, 5.74) is 0. The van der Waals surface area contributed by atoms with E-state index >= 15 is 0 Å². The second-order valence-electron chi connectivity index (χ2n) is 6.27. The second-order valence-corrected chi connectivity index (χ2v) is 6.27. The SMILES string of the molecule is C[C@@H]([C@H]1OC(=O)C[C@@H]1C)[C@H]1OC(C)(C)OC[C@@H]1C. The van der Waals surface area contributed by atoms with E-state index in [1.165, 1.54) is 0 Å². The van der Waals surface area contributed by atoms with Gasteiger partial charge in [-0.15, -0.1) is 0 Å². The van der Waals surface area contributed by atoms with Gasteiger partial charge in [0.15, 0.2) is 5.79 Å². The van der Waals surface area contributed by atoms with Gasteiger partial charge in [-0.1, -0.05) is 20.8 Å². The van der Waals surface area contributed by atoms with Crippen LogP contribution in [0.4, 0.5) is 0 Å². The molecule has 5 atom stereocenters. The summed E-state index contributed by atoms with van der Waals surface area (Å²) in [5.74, 6) is 0.161. The molecule has 0 aliphatic carbocycles. The van der Waals surface area contributed by atoms with Crippen LogP contribution in [0.3, 0.4) is 0 Å². The third kappa shape index (κ3) is 2.69. The molecule has 0 aromatic rings. The number of ether oxygens (including phenoxy) is 3. The average molecular weight is 256 g/mol. The molecule has 2 saturated heterocycles. The highest BCUT2D eigenvalue weighted by Crippen LogP contribution is 2.36. The number of carbonyl (C=O) groups excluding carboxylic acids is 1. The molecule has 0 radical (unpaired) electrons. The van der Waals surface area contributed by atoms with Crippen molar-refractivity contribution in [3.63, 3.8) is 0 Å². The molecule has 104 valence electrons. The molecule has 4 heteroatoms. The highest BCUT2D eigenvalue weighted by atomic mass is 16.7. The topological polar surface area (TPSA) is 44.8 Å². The summed E-state index contributed by atoms with van der Waals surface area (Å²) in [6.07, 6.45) is 0.571. The van der Waals surface area contributed by atoms with Crippen molar-refractivity contribution in [3.05, 3.63) is 0 Å². The Morgan fingerprint density at radius 2 is 1.89 bits per heavy atom. The molecule has 0 saturated carbocycles. The summed E-state index contributed by atoms with van der Waals surface area (Å²) in [5, 5.41) is 0. The number of cyclic esters (lactones) is 1. The first-order chi connectivity index (χ1) is 8.30. The van der Waals surface area contributed by atoms with Crippen molar-refractivity contribution in [2.45, 2.75) is 59.0 Å². The van der Waals surface area contributed by atoms with Crippen LogP contribution in [0.15, 0.2) is 0 Å². The highest BCUT2D eigenvalue weighted by molar-refractivity contribution is 5.72. The third-order valence-corrected chi connectivity index (χ3v) is 4.03. The molecule has 0 aromatic carbocycles. The molecular formula is C14H24O4. The summed E-state index contributed by atoms with van der Waals surface area (Å²) < 4.78 is 17.1. The molecule has 0 bridgehead atoms. The van der Waals surface area contributed by atoms with Gasteiger partial charge in [0.1, 0.15) is 6.10 Å². The van der Waals surface area contributed by atoms with Gasteiger partial charge in [0.2, 0.25) is 0 Å². The van der Waals surface area contributed by atoms with Crippen molar-refractivity contribution in [2.75, 3.05) is 6.61 Å². The molecule has 2 heterocycles. The number of esters is 1. The number of hydrogen-bond acceptors (Lipinski definition) is 4. The van der Waals surface area contributed by atoms with Gasteiger partial charge >= 0.3 is 5.97 Å². The molecule has 2 aliphatic rings. The van der Waals surface area contributed by atoms with E-state index in [1.54, 1.807) is 0 Å². The Balaban J connectivity index is 2.07. The zero-order chi connectivity index (χ0) is 13.5. The minimum atomic E-state index is -0.544. The van der Waals surface area contributed by atoms with Crippen LogP contribution in [0.1, 0.15) is 41.0 Å². The van der Waals surface area contributed by atoms with Crippen LogP contribution in [0.5, 0.6) is 0 Å². The Morgan fingerprint density at radius 1 is 1.22 bits per heavy atom. The van der Waals surface area contributed by atoms with Crippen LogP contribution in [0.25, 0.3) is 0 Å². The van der Waals surface area contributed by atoms with Crippen molar-refractivity contribution < 1.29 is 19.0 Å². The van der Waals surface area contributed by atoms with Gasteiger partial charge in [-0.3, -0.25) is 4.79 Å². The first-order valence-corrected chi connectivity index (χ1v) is 6.81. The molecule has 0 aromatic heterocycles. The maximum atomic E-state index is 11.4.